The number of carboxylic acid groups (broad SMARTS) is 1. The number of rotatable bonds is 3. The van der Waals surface area contributed by atoms with Crippen LogP contribution in [0.15, 0.2) is 60.7 Å². The van der Waals surface area contributed by atoms with Crippen LogP contribution in [0, 0.1) is 0 Å². The van der Waals surface area contributed by atoms with Crippen LogP contribution in [0.1, 0.15) is 21.5 Å². The van der Waals surface area contributed by atoms with E-state index in [9.17, 15) is 15.0 Å². The number of fused-ring (bicyclic) bond motifs is 1. The molecule has 0 amide bonds. The highest BCUT2D eigenvalue weighted by molar-refractivity contribution is 5.99. The van der Waals surface area contributed by atoms with Crippen LogP contribution in [-0.2, 0) is 6.42 Å². The zero-order chi connectivity index (χ0) is 14.8. The zero-order valence-corrected chi connectivity index (χ0v) is 11.3. The Morgan fingerprint density at radius 2 is 1.62 bits per heavy atom. The number of benzene rings is 3. The van der Waals surface area contributed by atoms with Crippen molar-refractivity contribution in [1.82, 2.24) is 0 Å². The van der Waals surface area contributed by atoms with Crippen LogP contribution >= 0.6 is 0 Å². The van der Waals surface area contributed by atoms with E-state index in [1.165, 1.54) is 6.07 Å². The summed E-state index contributed by atoms with van der Waals surface area (Å²) in [4.78, 5) is 11.3. The average molecular weight is 278 g/mol. The van der Waals surface area contributed by atoms with Crippen molar-refractivity contribution in [3.63, 3.8) is 0 Å². The molecular weight excluding hydrogens is 264 g/mol. The van der Waals surface area contributed by atoms with Crippen molar-refractivity contribution < 1.29 is 15.0 Å². The van der Waals surface area contributed by atoms with Gasteiger partial charge in [0.05, 0.1) is 0 Å². The highest BCUT2D eigenvalue weighted by Gasteiger charge is 2.17. The molecule has 3 rings (SSSR count). The van der Waals surface area contributed by atoms with Crippen LogP contribution in [0.25, 0.3) is 10.8 Å². The molecule has 0 spiro atoms. The molecule has 0 aliphatic carbocycles. The second-order valence-corrected chi connectivity index (χ2v) is 4.94. The fourth-order valence-electron chi connectivity index (χ4n) is 2.55. The van der Waals surface area contributed by atoms with Gasteiger partial charge in [-0.2, -0.15) is 0 Å². The van der Waals surface area contributed by atoms with E-state index < -0.39 is 5.97 Å². The first-order chi connectivity index (χ1) is 10.2. The molecule has 0 atom stereocenters. The van der Waals surface area contributed by atoms with Crippen LogP contribution in [0.2, 0.25) is 0 Å². The van der Waals surface area contributed by atoms with E-state index in [-0.39, 0.29) is 11.3 Å². The Morgan fingerprint density at radius 3 is 2.33 bits per heavy atom. The van der Waals surface area contributed by atoms with Gasteiger partial charge in [0.2, 0.25) is 0 Å². The van der Waals surface area contributed by atoms with Crippen LogP contribution < -0.4 is 0 Å². The third-order valence-electron chi connectivity index (χ3n) is 3.58. The van der Waals surface area contributed by atoms with Gasteiger partial charge in [-0.1, -0.05) is 54.6 Å². The fraction of sp³-hybridized carbons (Fsp3) is 0.0556. The van der Waals surface area contributed by atoms with E-state index in [1.54, 1.807) is 0 Å². The Labute approximate surface area is 122 Å². The van der Waals surface area contributed by atoms with Gasteiger partial charge in [0, 0.05) is 12.0 Å². The smallest absolute Gasteiger partial charge is 0.339 e. The third kappa shape index (κ3) is 2.46. The van der Waals surface area contributed by atoms with E-state index in [0.717, 1.165) is 16.3 Å². The van der Waals surface area contributed by atoms with E-state index in [1.807, 2.05) is 54.6 Å². The van der Waals surface area contributed by atoms with Gasteiger partial charge in [-0.3, -0.25) is 0 Å². The molecule has 21 heavy (non-hydrogen) atoms. The van der Waals surface area contributed by atoms with E-state index in [0.29, 0.717) is 12.0 Å². The normalized spacial score (nSPS) is 10.7. The number of hydrogen-bond acceptors (Lipinski definition) is 2. The van der Waals surface area contributed by atoms with Crippen molar-refractivity contribution in [3.8, 4) is 5.75 Å². The van der Waals surface area contributed by atoms with Crippen LogP contribution in [0.3, 0.4) is 0 Å². The molecule has 0 unspecified atom stereocenters. The van der Waals surface area contributed by atoms with Gasteiger partial charge in [0.25, 0.3) is 0 Å². The Kier molecular flexibility index (Phi) is 3.32. The molecule has 0 fully saturated rings. The molecule has 2 N–H and O–H groups in total. The van der Waals surface area contributed by atoms with Gasteiger partial charge in [-0.25, -0.2) is 4.79 Å². The minimum absolute atomic E-state index is 0.0559. The minimum atomic E-state index is -1.12. The molecule has 0 aliphatic heterocycles. The molecule has 0 aromatic heterocycles. The van der Waals surface area contributed by atoms with Crippen molar-refractivity contribution in [2.24, 2.45) is 0 Å². The number of hydrogen-bond donors (Lipinski definition) is 2. The molecule has 3 heteroatoms. The summed E-state index contributed by atoms with van der Waals surface area (Å²) in [5.74, 6) is -1.27. The first-order valence-electron chi connectivity index (χ1n) is 6.67. The second kappa shape index (κ2) is 5.29. The summed E-state index contributed by atoms with van der Waals surface area (Å²) < 4.78 is 0. The maximum atomic E-state index is 11.3. The summed E-state index contributed by atoms with van der Waals surface area (Å²) in [6, 6.07) is 18.7. The largest absolute Gasteiger partial charge is 0.507 e. The molecule has 0 radical (unpaired) electrons. The van der Waals surface area contributed by atoms with Gasteiger partial charge in [0.1, 0.15) is 11.3 Å². The maximum absolute atomic E-state index is 11.3. The highest BCUT2D eigenvalue weighted by Crippen LogP contribution is 2.33. The maximum Gasteiger partial charge on any atom is 0.339 e. The Balaban J connectivity index is 2.23. The predicted octanol–water partition coefficient (Wildman–Crippen LogP) is 3.83. The lowest BCUT2D eigenvalue weighted by molar-refractivity contribution is 0.0693. The first kappa shape index (κ1) is 13.2. The lowest BCUT2D eigenvalue weighted by Crippen LogP contribution is -2.01. The molecule has 3 aromatic carbocycles. The van der Waals surface area contributed by atoms with E-state index in [4.69, 9.17) is 0 Å². The van der Waals surface area contributed by atoms with E-state index in [2.05, 4.69) is 0 Å². The van der Waals surface area contributed by atoms with Crippen molar-refractivity contribution in [1.29, 1.82) is 0 Å². The van der Waals surface area contributed by atoms with Crippen molar-refractivity contribution in [2.75, 3.05) is 0 Å². The molecule has 3 nitrogen and oxygen atoms in total. The monoisotopic (exact) mass is 278 g/mol. The number of carboxylic acids is 1. The highest BCUT2D eigenvalue weighted by atomic mass is 16.4. The van der Waals surface area contributed by atoms with Crippen LogP contribution in [-0.4, -0.2) is 16.2 Å². The van der Waals surface area contributed by atoms with Crippen molar-refractivity contribution in [2.45, 2.75) is 6.42 Å². The van der Waals surface area contributed by atoms with Crippen molar-refractivity contribution in [3.05, 3.63) is 77.4 Å². The molecule has 0 heterocycles. The topological polar surface area (TPSA) is 57.5 Å². The molecule has 0 saturated heterocycles. The first-order valence-corrected chi connectivity index (χ1v) is 6.67. The quantitative estimate of drug-likeness (QED) is 0.765. The molecule has 3 aromatic rings. The molecule has 104 valence electrons. The Hall–Kier alpha value is -2.81. The minimum Gasteiger partial charge on any atom is -0.507 e. The Morgan fingerprint density at radius 1 is 0.952 bits per heavy atom. The van der Waals surface area contributed by atoms with Crippen LogP contribution in [0.5, 0.6) is 5.75 Å². The average Bonchev–Trinajstić information content (AvgIpc) is 2.50. The summed E-state index contributed by atoms with van der Waals surface area (Å²) in [6.45, 7) is 0. The number of phenols is 1. The molecule has 0 bridgehead atoms. The van der Waals surface area contributed by atoms with Gasteiger partial charge in [-0.15, -0.1) is 0 Å². The number of carbonyl (C=O) groups is 1. The molecule has 0 saturated carbocycles. The molecule has 0 aliphatic rings. The summed E-state index contributed by atoms with van der Waals surface area (Å²) in [5, 5.41) is 21.3. The number of aromatic carboxylic acids is 1. The van der Waals surface area contributed by atoms with Gasteiger partial charge in [-0.05, 0) is 22.4 Å². The van der Waals surface area contributed by atoms with Gasteiger partial charge >= 0.3 is 5.97 Å². The lowest BCUT2D eigenvalue weighted by Gasteiger charge is -2.12. The SMILES string of the molecule is O=C(O)c1cc2ccccc2c(Cc2ccccc2)c1O. The predicted molar refractivity (Wildman–Crippen MR) is 81.8 cm³/mol. The fourth-order valence-corrected chi connectivity index (χ4v) is 2.55. The van der Waals surface area contributed by atoms with Crippen LogP contribution in [0.4, 0.5) is 0 Å². The van der Waals surface area contributed by atoms with Crippen molar-refractivity contribution >= 4 is 16.7 Å². The summed E-state index contributed by atoms with van der Waals surface area (Å²) in [5.41, 5.74) is 1.62. The Bertz CT molecular complexity index is 807. The molecular formula is C18H14O3. The summed E-state index contributed by atoms with van der Waals surface area (Å²) in [7, 11) is 0. The second-order valence-electron chi connectivity index (χ2n) is 4.94. The number of aromatic hydroxyl groups is 1. The van der Waals surface area contributed by atoms with Gasteiger partial charge in [0.15, 0.2) is 0 Å². The summed E-state index contributed by atoms with van der Waals surface area (Å²) >= 11 is 0. The summed E-state index contributed by atoms with van der Waals surface area (Å²) in [6.07, 6.45) is 0.494. The zero-order valence-electron chi connectivity index (χ0n) is 11.3. The van der Waals surface area contributed by atoms with Gasteiger partial charge < -0.3 is 10.2 Å². The van der Waals surface area contributed by atoms with E-state index >= 15 is 0 Å². The lowest BCUT2D eigenvalue weighted by atomic mass is 9.94. The standard InChI is InChI=1S/C18H14O3/c19-17-15(10-12-6-2-1-3-7-12)14-9-5-4-8-13(14)11-16(17)18(20)21/h1-9,11,19H,10H2,(H,20,21). The third-order valence-corrected chi connectivity index (χ3v) is 3.58.